The van der Waals surface area contributed by atoms with Crippen LogP contribution in [0, 0.1) is 0 Å². The van der Waals surface area contributed by atoms with Gasteiger partial charge in [-0.15, -0.1) is 0 Å². The van der Waals surface area contributed by atoms with Crippen molar-refractivity contribution in [1.82, 2.24) is 10.2 Å². The molecule has 8 heteroatoms. The molecule has 2 aromatic rings. The topological polar surface area (TPSA) is 105 Å². The van der Waals surface area contributed by atoms with E-state index in [1.54, 1.807) is 38.3 Å². The van der Waals surface area contributed by atoms with Crippen LogP contribution in [0.2, 0.25) is 0 Å². The van der Waals surface area contributed by atoms with E-state index in [0.717, 1.165) is 16.2 Å². The van der Waals surface area contributed by atoms with Crippen LogP contribution in [0.1, 0.15) is 36.2 Å². The quantitative estimate of drug-likeness (QED) is 0.502. The number of ether oxygens (including phenoxy) is 1. The molecule has 0 bridgehead atoms. The molecule has 0 aromatic heterocycles. The number of nitrogens with one attached hydrogen (secondary N) is 2. The second-order valence-electron chi connectivity index (χ2n) is 7.69. The molecule has 1 heterocycles. The highest BCUT2D eigenvalue weighted by molar-refractivity contribution is 6.10. The fourth-order valence-corrected chi connectivity index (χ4v) is 3.41. The predicted molar refractivity (Wildman–Crippen MR) is 115 cm³/mol. The van der Waals surface area contributed by atoms with E-state index in [9.17, 15) is 19.2 Å². The summed E-state index contributed by atoms with van der Waals surface area (Å²) in [6, 6.07) is 13.4. The highest BCUT2D eigenvalue weighted by Gasteiger charge is 2.47. The van der Waals surface area contributed by atoms with Gasteiger partial charge in [0.05, 0.1) is 7.11 Å². The smallest absolute Gasteiger partial charge is 0.325 e. The van der Waals surface area contributed by atoms with Gasteiger partial charge in [-0.05, 0) is 56.5 Å². The average Bonchev–Trinajstić information content (AvgIpc) is 2.96. The van der Waals surface area contributed by atoms with Gasteiger partial charge in [0.2, 0.25) is 5.91 Å². The SMILES string of the molecule is COc1ccc(CC[C@]2(C)NC(=O)N(CC(=O)Nc3cccc(C(C)=O)c3)C2=O)cc1. The third-order valence-electron chi connectivity index (χ3n) is 5.27. The van der Waals surface area contributed by atoms with E-state index in [2.05, 4.69) is 10.6 Å². The molecule has 31 heavy (non-hydrogen) atoms. The van der Waals surface area contributed by atoms with Gasteiger partial charge in [-0.3, -0.25) is 19.3 Å². The Morgan fingerprint density at radius 2 is 1.84 bits per heavy atom. The zero-order chi connectivity index (χ0) is 22.6. The zero-order valence-electron chi connectivity index (χ0n) is 17.7. The number of methoxy groups -OCH3 is 1. The number of hydrogen-bond acceptors (Lipinski definition) is 5. The van der Waals surface area contributed by atoms with Crippen LogP contribution in [0.15, 0.2) is 48.5 Å². The van der Waals surface area contributed by atoms with E-state index in [1.165, 1.54) is 6.92 Å². The van der Waals surface area contributed by atoms with Gasteiger partial charge in [-0.2, -0.15) is 0 Å². The number of benzene rings is 2. The van der Waals surface area contributed by atoms with Gasteiger partial charge in [-0.1, -0.05) is 24.3 Å². The van der Waals surface area contributed by atoms with Crippen molar-refractivity contribution in [3.05, 3.63) is 59.7 Å². The molecule has 0 unspecified atom stereocenters. The van der Waals surface area contributed by atoms with Crippen molar-refractivity contribution in [3.8, 4) is 5.75 Å². The molecule has 1 aliphatic heterocycles. The van der Waals surface area contributed by atoms with E-state index in [-0.39, 0.29) is 5.78 Å². The van der Waals surface area contributed by atoms with E-state index in [4.69, 9.17) is 4.74 Å². The molecule has 0 spiro atoms. The average molecular weight is 423 g/mol. The van der Waals surface area contributed by atoms with Crippen LogP contribution >= 0.6 is 0 Å². The Morgan fingerprint density at radius 3 is 2.48 bits per heavy atom. The molecule has 4 amide bonds. The number of imide groups is 1. The third kappa shape index (κ3) is 5.09. The van der Waals surface area contributed by atoms with Crippen molar-refractivity contribution in [2.75, 3.05) is 19.0 Å². The molecule has 1 fully saturated rings. The maximum atomic E-state index is 12.9. The number of urea groups is 1. The summed E-state index contributed by atoms with van der Waals surface area (Å²) in [5.74, 6) is -0.355. The molecule has 0 radical (unpaired) electrons. The number of aryl methyl sites for hydroxylation is 1. The lowest BCUT2D eigenvalue weighted by atomic mass is 9.93. The molecular formula is C23H25N3O5. The van der Waals surface area contributed by atoms with E-state index >= 15 is 0 Å². The van der Waals surface area contributed by atoms with Crippen LogP contribution in [0.25, 0.3) is 0 Å². The predicted octanol–water partition coefficient (Wildman–Crippen LogP) is 2.78. The first-order chi connectivity index (χ1) is 14.7. The van der Waals surface area contributed by atoms with Crippen LogP contribution in [0.3, 0.4) is 0 Å². The summed E-state index contributed by atoms with van der Waals surface area (Å²) in [6.07, 6.45) is 0.965. The minimum atomic E-state index is -1.09. The Morgan fingerprint density at radius 1 is 1.13 bits per heavy atom. The number of amides is 4. The van der Waals surface area contributed by atoms with E-state index in [1.807, 2.05) is 24.3 Å². The molecular weight excluding hydrogens is 398 g/mol. The highest BCUT2D eigenvalue weighted by atomic mass is 16.5. The van der Waals surface area contributed by atoms with Gasteiger partial charge in [-0.25, -0.2) is 4.79 Å². The van der Waals surface area contributed by atoms with Crippen LogP contribution in [0.4, 0.5) is 10.5 Å². The summed E-state index contributed by atoms with van der Waals surface area (Å²) in [4.78, 5) is 50.1. The fraction of sp³-hybridized carbons (Fsp3) is 0.304. The molecule has 1 saturated heterocycles. The number of anilines is 1. The van der Waals surface area contributed by atoms with E-state index < -0.39 is 29.9 Å². The van der Waals surface area contributed by atoms with Crippen LogP contribution in [0.5, 0.6) is 5.75 Å². The van der Waals surface area contributed by atoms with Crippen molar-refractivity contribution < 1.29 is 23.9 Å². The van der Waals surface area contributed by atoms with Gasteiger partial charge in [0.25, 0.3) is 5.91 Å². The third-order valence-corrected chi connectivity index (χ3v) is 5.27. The molecule has 2 aromatic carbocycles. The lowest BCUT2D eigenvalue weighted by Crippen LogP contribution is -2.45. The molecule has 1 atom stereocenters. The summed E-state index contributed by atoms with van der Waals surface area (Å²) in [7, 11) is 1.59. The Labute approximate surface area is 180 Å². The highest BCUT2D eigenvalue weighted by Crippen LogP contribution is 2.24. The number of hydrogen-bond donors (Lipinski definition) is 2. The summed E-state index contributed by atoms with van der Waals surface area (Å²) >= 11 is 0. The van der Waals surface area contributed by atoms with Crippen molar-refractivity contribution >= 4 is 29.3 Å². The Bertz CT molecular complexity index is 1020. The minimum absolute atomic E-state index is 0.127. The maximum absolute atomic E-state index is 12.9. The lowest BCUT2D eigenvalue weighted by molar-refractivity contribution is -0.133. The molecule has 8 nitrogen and oxygen atoms in total. The Hall–Kier alpha value is -3.68. The largest absolute Gasteiger partial charge is 0.497 e. The van der Waals surface area contributed by atoms with Gasteiger partial charge in [0.15, 0.2) is 5.78 Å². The minimum Gasteiger partial charge on any atom is -0.497 e. The molecule has 0 saturated carbocycles. The summed E-state index contributed by atoms with van der Waals surface area (Å²) in [6.45, 7) is 2.68. The molecule has 162 valence electrons. The molecule has 0 aliphatic carbocycles. The number of rotatable bonds is 8. The van der Waals surface area contributed by atoms with Crippen molar-refractivity contribution in [3.63, 3.8) is 0 Å². The number of Topliss-reactive ketones (excluding diaryl/α,β-unsaturated/α-hetero) is 1. The van der Waals surface area contributed by atoms with Gasteiger partial charge >= 0.3 is 6.03 Å². The second kappa shape index (κ2) is 8.99. The van der Waals surface area contributed by atoms with Crippen LogP contribution in [-0.4, -0.2) is 47.7 Å². The monoisotopic (exact) mass is 423 g/mol. The number of nitrogens with zero attached hydrogens (tertiary/aromatic N) is 1. The molecule has 3 rings (SSSR count). The molecule has 2 N–H and O–H groups in total. The van der Waals surface area contributed by atoms with Gasteiger partial charge in [0, 0.05) is 11.3 Å². The Balaban J connectivity index is 1.61. The number of ketones is 1. The van der Waals surface area contributed by atoms with Crippen molar-refractivity contribution in [1.29, 1.82) is 0 Å². The number of carbonyl (C=O) groups is 4. The summed E-state index contributed by atoms with van der Waals surface area (Å²) < 4.78 is 5.14. The maximum Gasteiger partial charge on any atom is 0.325 e. The van der Waals surface area contributed by atoms with Crippen LogP contribution in [-0.2, 0) is 16.0 Å². The van der Waals surface area contributed by atoms with E-state index in [0.29, 0.717) is 24.1 Å². The zero-order valence-corrected chi connectivity index (χ0v) is 17.7. The fourth-order valence-electron chi connectivity index (χ4n) is 3.41. The lowest BCUT2D eigenvalue weighted by Gasteiger charge is -2.21. The van der Waals surface area contributed by atoms with Crippen LogP contribution < -0.4 is 15.4 Å². The first-order valence-electron chi connectivity index (χ1n) is 9.90. The Kier molecular flexibility index (Phi) is 6.39. The second-order valence-corrected chi connectivity index (χ2v) is 7.69. The first kappa shape index (κ1) is 22.0. The standard InChI is InChI=1S/C23H25N3O5/c1-15(27)17-5-4-6-18(13-17)24-20(28)14-26-21(29)23(2,25-22(26)30)12-11-16-7-9-19(31-3)10-8-16/h4-10,13H,11-12,14H2,1-3H3,(H,24,28)(H,25,30)/t23-/m0/s1. The molecule has 1 aliphatic rings. The normalized spacial score (nSPS) is 18.0. The number of carbonyl (C=O) groups excluding carboxylic acids is 4. The van der Waals surface area contributed by atoms with Crippen molar-refractivity contribution in [2.45, 2.75) is 32.2 Å². The summed E-state index contributed by atoms with van der Waals surface area (Å²) in [5.41, 5.74) is 0.794. The summed E-state index contributed by atoms with van der Waals surface area (Å²) in [5, 5.41) is 5.33. The first-order valence-corrected chi connectivity index (χ1v) is 9.90. The van der Waals surface area contributed by atoms with Gasteiger partial charge in [0.1, 0.15) is 17.8 Å². The van der Waals surface area contributed by atoms with Crippen molar-refractivity contribution in [2.24, 2.45) is 0 Å². The van der Waals surface area contributed by atoms with Gasteiger partial charge < -0.3 is 15.4 Å².